The quantitative estimate of drug-likeness (QED) is 0.521. The van der Waals surface area contributed by atoms with Crippen molar-refractivity contribution in [3.63, 3.8) is 0 Å². The summed E-state index contributed by atoms with van der Waals surface area (Å²) in [5, 5.41) is 36.8. The van der Waals surface area contributed by atoms with Crippen molar-refractivity contribution in [3.05, 3.63) is 72.4 Å². The van der Waals surface area contributed by atoms with Gasteiger partial charge in [0.2, 0.25) is 5.91 Å². The van der Waals surface area contributed by atoms with Crippen LogP contribution in [-0.2, 0) is 11.2 Å². The summed E-state index contributed by atoms with van der Waals surface area (Å²) in [4.78, 5) is 13.8. The highest BCUT2D eigenvalue weighted by molar-refractivity contribution is 5.88. The lowest BCUT2D eigenvalue weighted by molar-refractivity contribution is -0.147. The lowest BCUT2D eigenvalue weighted by Gasteiger charge is -2.51. The van der Waals surface area contributed by atoms with Crippen LogP contribution in [0, 0.1) is 35.0 Å². The molecule has 0 unspecified atom stereocenters. The van der Waals surface area contributed by atoms with Crippen molar-refractivity contribution in [2.24, 2.45) is 35.0 Å². The summed E-state index contributed by atoms with van der Waals surface area (Å²) in [6, 6.07) is 9.84. The topological polar surface area (TPSA) is 89.8 Å². The second kappa shape index (κ2) is 9.21. The fourth-order valence-electron chi connectivity index (χ4n) is 6.49. The third-order valence-electron chi connectivity index (χ3n) is 8.45. The van der Waals surface area contributed by atoms with E-state index in [-0.39, 0.29) is 35.6 Å². The van der Waals surface area contributed by atoms with Crippen molar-refractivity contribution in [1.29, 1.82) is 0 Å². The summed E-state index contributed by atoms with van der Waals surface area (Å²) in [6.45, 7) is 10.1. The van der Waals surface area contributed by atoms with E-state index in [9.17, 15) is 20.1 Å². The maximum atomic E-state index is 13.8. The van der Waals surface area contributed by atoms with Crippen molar-refractivity contribution in [2.45, 2.75) is 58.0 Å². The zero-order valence-electron chi connectivity index (χ0n) is 19.8. The molecular weight excluding hydrogens is 414 g/mol. The van der Waals surface area contributed by atoms with E-state index in [4.69, 9.17) is 0 Å². The van der Waals surface area contributed by atoms with Crippen LogP contribution < -0.4 is 5.32 Å². The molecule has 4 rings (SSSR count). The van der Waals surface area contributed by atoms with E-state index in [0.29, 0.717) is 18.4 Å². The maximum absolute atomic E-state index is 13.8. The Hall–Kier alpha value is -2.21. The molecule has 0 bridgehead atoms. The molecule has 1 aromatic rings. The van der Waals surface area contributed by atoms with Crippen LogP contribution in [0.5, 0.6) is 0 Å². The first-order valence-electron chi connectivity index (χ1n) is 12.1. The number of hydrogen-bond donors (Lipinski definition) is 4. The average Bonchev–Trinajstić information content (AvgIpc) is 3.09. The number of rotatable bonds is 2. The Labute approximate surface area is 196 Å². The Morgan fingerprint density at radius 2 is 1.76 bits per heavy atom. The molecule has 1 saturated heterocycles. The minimum Gasteiger partial charge on any atom is -0.392 e. The highest BCUT2D eigenvalue weighted by Crippen LogP contribution is 2.57. The van der Waals surface area contributed by atoms with Crippen LogP contribution in [0.15, 0.2) is 66.8 Å². The van der Waals surface area contributed by atoms with Crippen LogP contribution in [0.3, 0.4) is 0 Å². The minimum absolute atomic E-state index is 0.00832. The number of benzene rings is 1. The molecule has 0 aromatic heterocycles. The molecular formula is C28H37NO4. The van der Waals surface area contributed by atoms with Crippen molar-refractivity contribution >= 4 is 5.91 Å². The molecule has 2 aliphatic carbocycles. The van der Waals surface area contributed by atoms with Crippen molar-refractivity contribution in [2.75, 3.05) is 0 Å². The van der Waals surface area contributed by atoms with Gasteiger partial charge in [-0.2, -0.15) is 0 Å². The van der Waals surface area contributed by atoms with Crippen LogP contribution in [0.1, 0.15) is 32.8 Å². The average molecular weight is 452 g/mol. The van der Waals surface area contributed by atoms with E-state index in [1.807, 2.05) is 69.3 Å². The molecule has 1 saturated carbocycles. The molecule has 33 heavy (non-hydrogen) atoms. The molecule has 1 spiro atoms. The monoisotopic (exact) mass is 451 g/mol. The zero-order valence-corrected chi connectivity index (χ0v) is 19.8. The largest absolute Gasteiger partial charge is 0.392 e. The van der Waals surface area contributed by atoms with Crippen LogP contribution in [0.2, 0.25) is 0 Å². The zero-order chi connectivity index (χ0) is 23.9. The van der Waals surface area contributed by atoms with E-state index in [0.717, 1.165) is 5.56 Å². The van der Waals surface area contributed by atoms with Gasteiger partial charge in [0, 0.05) is 23.8 Å². The first-order valence-corrected chi connectivity index (χ1v) is 12.1. The second-order valence-electron chi connectivity index (χ2n) is 10.4. The minimum atomic E-state index is -1.22. The number of amides is 1. The molecule has 3 aliphatic rings. The van der Waals surface area contributed by atoms with Gasteiger partial charge in [0.15, 0.2) is 0 Å². The predicted molar refractivity (Wildman–Crippen MR) is 129 cm³/mol. The molecule has 1 amide bonds. The maximum Gasteiger partial charge on any atom is 0.230 e. The summed E-state index contributed by atoms with van der Waals surface area (Å²) < 4.78 is 0. The van der Waals surface area contributed by atoms with Gasteiger partial charge in [-0.3, -0.25) is 4.79 Å². The third kappa shape index (κ3) is 3.90. The molecule has 10 atom stereocenters. The van der Waals surface area contributed by atoms with Gasteiger partial charge in [-0.1, -0.05) is 82.0 Å². The van der Waals surface area contributed by atoms with Gasteiger partial charge in [-0.05, 0) is 35.8 Å². The summed E-state index contributed by atoms with van der Waals surface area (Å²) in [5.74, 6) is -1.39. The number of aliphatic hydroxyl groups excluding tert-OH is 3. The Kier molecular flexibility index (Phi) is 6.68. The highest BCUT2D eigenvalue weighted by atomic mass is 16.3. The lowest BCUT2D eigenvalue weighted by Crippen LogP contribution is -2.59. The number of aliphatic hydroxyl groups is 3. The molecule has 1 heterocycles. The smallest absolute Gasteiger partial charge is 0.230 e. The van der Waals surface area contributed by atoms with Crippen LogP contribution >= 0.6 is 0 Å². The summed E-state index contributed by atoms with van der Waals surface area (Å²) in [6.07, 6.45) is 5.98. The molecule has 5 nitrogen and oxygen atoms in total. The van der Waals surface area contributed by atoms with Gasteiger partial charge >= 0.3 is 0 Å². The van der Waals surface area contributed by atoms with Crippen molar-refractivity contribution in [1.82, 2.24) is 5.32 Å². The number of carbonyl (C=O) groups is 1. The fourth-order valence-corrected chi connectivity index (χ4v) is 6.49. The lowest BCUT2D eigenvalue weighted by atomic mass is 9.51. The van der Waals surface area contributed by atoms with Crippen LogP contribution in [0.4, 0.5) is 0 Å². The van der Waals surface area contributed by atoms with Gasteiger partial charge in [-0.25, -0.2) is 0 Å². The van der Waals surface area contributed by atoms with Crippen molar-refractivity contribution < 1.29 is 20.1 Å². The summed E-state index contributed by atoms with van der Waals surface area (Å²) >= 11 is 0. The van der Waals surface area contributed by atoms with Gasteiger partial charge < -0.3 is 20.6 Å². The van der Waals surface area contributed by atoms with E-state index >= 15 is 0 Å². The standard InChI is InChI=1S/C28H37NO4/c1-16-9-8-12-21-26(32)19(4)18(3)24-22(15-20-10-6-5-7-11-20)29-27(33)28(21,24)23(30)14-13-17(2)25(16)31/h5-8,10-14,16-18,21-26,30-32H,4,9,15H2,1-3H3,(H,29,33)/b12-8+,14-13+/t16-,17+,18+,21-,22-,23+,24-,25+,26+,28+/m0/s1. The van der Waals surface area contributed by atoms with E-state index < -0.39 is 29.6 Å². The SMILES string of the molecule is C=C1[C@@H](C)[C@H]2[C@H](Cc3ccccc3)NC(=O)[C@]23[C@H](O)/C=C/[C@@H](C)[C@H](O)[C@@H](C)C/C=C/[C@H]3[C@@H]1O. The van der Waals surface area contributed by atoms with Gasteiger partial charge in [0.05, 0.1) is 23.7 Å². The molecule has 1 aromatic carbocycles. The predicted octanol–water partition coefficient (Wildman–Crippen LogP) is 3.02. The number of nitrogens with one attached hydrogen (secondary N) is 1. The number of carbonyl (C=O) groups excluding carboxylic acids is 1. The van der Waals surface area contributed by atoms with Gasteiger partial charge in [0.25, 0.3) is 0 Å². The third-order valence-corrected chi connectivity index (χ3v) is 8.45. The van der Waals surface area contributed by atoms with E-state index in [1.165, 1.54) is 0 Å². The first-order chi connectivity index (χ1) is 15.7. The molecule has 4 N–H and O–H groups in total. The Morgan fingerprint density at radius 1 is 1.06 bits per heavy atom. The number of allylic oxidation sites excluding steroid dienone is 1. The van der Waals surface area contributed by atoms with E-state index in [1.54, 1.807) is 6.08 Å². The Balaban J connectivity index is 1.84. The second-order valence-corrected chi connectivity index (χ2v) is 10.4. The normalized spacial score (nSPS) is 45.3. The van der Waals surface area contributed by atoms with Crippen molar-refractivity contribution in [3.8, 4) is 0 Å². The molecule has 5 heteroatoms. The molecule has 1 aliphatic heterocycles. The number of hydrogen-bond acceptors (Lipinski definition) is 4. The Bertz CT molecular complexity index is 940. The van der Waals surface area contributed by atoms with Gasteiger partial charge in [0.1, 0.15) is 0 Å². The van der Waals surface area contributed by atoms with Crippen LogP contribution in [0.25, 0.3) is 0 Å². The van der Waals surface area contributed by atoms with Gasteiger partial charge in [-0.15, -0.1) is 0 Å². The van der Waals surface area contributed by atoms with Crippen LogP contribution in [-0.4, -0.2) is 45.6 Å². The summed E-state index contributed by atoms with van der Waals surface area (Å²) in [5.41, 5.74) is 0.598. The molecule has 0 radical (unpaired) electrons. The Morgan fingerprint density at radius 3 is 2.45 bits per heavy atom. The first kappa shape index (κ1) is 23.9. The fraction of sp³-hybridized carbons (Fsp3) is 0.536. The molecule has 2 fully saturated rings. The highest BCUT2D eigenvalue weighted by Gasteiger charge is 2.67. The summed E-state index contributed by atoms with van der Waals surface area (Å²) in [7, 11) is 0. The van der Waals surface area contributed by atoms with E-state index in [2.05, 4.69) is 11.9 Å². The molecule has 178 valence electrons.